The minimum absolute atomic E-state index is 0.0866. The highest BCUT2D eigenvalue weighted by Crippen LogP contribution is 2.23. The SMILES string of the molecule is CCCCCCCCCCCCCCC(C)C(C)(O)NC(CC)S(=O)(=O)O. The third-order valence-corrected chi connectivity index (χ3v) is 6.80. The molecule has 0 spiro atoms. The Morgan fingerprint density at radius 3 is 1.63 bits per heavy atom. The van der Waals surface area contributed by atoms with Crippen LogP contribution in [0.1, 0.15) is 118 Å². The molecule has 0 rings (SSSR count). The van der Waals surface area contributed by atoms with E-state index in [1.807, 2.05) is 6.92 Å². The molecule has 0 fully saturated rings. The molecule has 0 saturated carbocycles. The molecule has 0 heterocycles. The Labute approximate surface area is 168 Å². The standard InChI is InChI=1S/C21H45NO4S/c1-5-7-8-9-10-11-12-13-14-15-16-17-18-19(3)21(4,23)22-20(6-2)27(24,25)26/h19-20,22-23H,5-18H2,1-4H3,(H,24,25,26). The Morgan fingerprint density at radius 1 is 0.852 bits per heavy atom. The van der Waals surface area contributed by atoms with Gasteiger partial charge in [-0.2, -0.15) is 8.42 Å². The molecule has 0 aromatic heterocycles. The van der Waals surface area contributed by atoms with Crippen LogP contribution < -0.4 is 5.32 Å². The number of hydrogen-bond acceptors (Lipinski definition) is 4. The molecule has 164 valence electrons. The Bertz CT molecular complexity index is 451. The average Bonchev–Trinajstić information content (AvgIpc) is 2.59. The van der Waals surface area contributed by atoms with E-state index >= 15 is 0 Å². The lowest BCUT2D eigenvalue weighted by molar-refractivity contribution is -0.0339. The first-order chi connectivity index (χ1) is 12.6. The normalized spacial score (nSPS) is 16.8. The molecule has 5 nitrogen and oxygen atoms in total. The van der Waals surface area contributed by atoms with Crippen LogP contribution >= 0.6 is 0 Å². The highest BCUT2D eigenvalue weighted by molar-refractivity contribution is 7.86. The third-order valence-electron chi connectivity index (χ3n) is 5.63. The van der Waals surface area contributed by atoms with Gasteiger partial charge >= 0.3 is 0 Å². The van der Waals surface area contributed by atoms with Gasteiger partial charge in [-0.25, -0.2) is 0 Å². The Kier molecular flexibility index (Phi) is 14.7. The molecule has 0 amide bonds. The quantitative estimate of drug-likeness (QED) is 0.156. The summed E-state index contributed by atoms with van der Waals surface area (Å²) in [6.45, 7) is 7.42. The Hall–Kier alpha value is -0.170. The van der Waals surface area contributed by atoms with Gasteiger partial charge in [0.2, 0.25) is 0 Å². The predicted octanol–water partition coefficient (Wildman–Crippen LogP) is 5.64. The highest BCUT2D eigenvalue weighted by Gasteiger charge is 2.34. The first kappa shape index (κ1) is 26.8. The molecule has 0 aromatic carbocycles. The van der Waals surface area contributed by atoms with E-state index in [9.17, 15) is 18.1 Å². The summed E-state index contributed by atoms with van der Waals surface area (Å²) >= 11 is 0. The van der Waals surface area contributed by atoms with E-state index in [1.165, 1.54) is 64.2 Å². The van der Waals surface area contributed by atoms with Gasteiger partial charge in [-0.1, -0.05) is 97.8 Å². The summed E-state index contributed by atoms with van der Waals surface area (Å²) < 4.78 is 31.8. The molecule has 0 aliphatic heterocycles. The van der Waals surface area contributed by atoms with E-state index in [2.05, 4.69) is 12.2 Å². The molecule has 0 saturated heterocycles. The minimum Gasteiger partial charge on any atom is -0.376 e. The van der Waals surface area contributed by atoms with Crippen molar-refractivity contribution in [2.75, 3.05) is 0 Å². The van der Waals surface area contributed by atoms with Crippen LogP contribution in [0.25, 0.3) is 0 Å². The maximum atomic E-state index is 11.3. The van der Waals surface area contributed by atoms with Crippen LogP contribution in [0.2, 0.25) is 0 Å². The predicted molar refractivity (Wildman–Crippen MR) is 114 cm³/mol. The molecule has 0 bridgehead atoms. The van der Waals surface area contributed by atoms with Crippen molar-refractivity contribution in [3.8, 4) is 0 Å². The largest absolute Gasteiger partial charge is 0.376 e. The van der Waals surface area contributed by atoms with Crippen molar-refractivity contribution in [2.45, 2.75) is 129 Å². The second kappa shape index (κ2) is 14.8. The van der Waals surface area contributed by atoms with Gasteiger partial charge in [0.05, 0.1) is 0 Å². The minimum atomic E-state index is -4.20. The van der Waals surface area contributed by atoms with Crippen LogP contribution in [0.4, 0.5) is 0 Å². The molecule has 3 unspecified atom stereocenters. The van der Waals surface area contributed by atoms with Crippen molar-refractivity contribution >= 4 is 10.1 Å². The van der Waals surface area contributed by atoms with Crippen molar-refractivity contribution in [2.24, 2.45) is 5.92 Å². The lowest BCUT2D eigenvalue weighted by atomic mass is 9.92. The lowest BCUT2D eigenvalue weighted by Crippen LogP contribution is -2.54. The van der Waals surface area contributed by atoms with Crippen LogP contribution in [0, 0.1) is 5.92 Å². The Morgan fingerprint density at radius 2 is 1.26 bits per heavy atom. The van der Waals surface area contributed by atoms with E-state index in [0.717, 1.165) is 19.3 Å². The number of hydrogen-bond donors (Lipinski definition) is 3. The van der Waals surface area contributed by atoms with Crippen LogP contribution in [-0.4, -0.2) is 29.2 Å². The molecule has 6 heteroatoms. The zero-order valence-electron chi connectivity index (χ0n) is 18.2. The van der Waals surface area contributed by atoms with Crippen molar-refractivity contribution in [3.63, 3.8) is 0 Å². The molecule has 27 heavy (non-hydrogen) atoms. The van der Waals surface area contributed by atoms with Gasteiger partial charge in [0.1, 0.15) is 11.1 Å². The summed E-state index contributed by atoms with van der Waals surface area (Å²) in [5.41, 5.74) is -1.31. The van der Waals surface area contributed by atoms with Gasteiger partial charge in [0.15, 0.2) is 0 Å². The van der Waals surface area contributed by atoms with Crippen molar-refractivity contribution in [3.05, 3.63) is 0 Å². The van der Waals surface area contributed by atoms with Gasteiger partial charge in [-0.05, 0) is 25.7 Å². The smallest absolute Gasteiger partial charge is 0.281 e. The molecule has 3 N–H and O–H groups in total. The fourth-order valence-electron chi connectivity index (χ4n) is 3.43. The van der Waals surface area contributed by atoms with Crippen LogP contribution in [-0.2, 0) is 10.1 Å². The maximum absolute atomic E-state index is 11.3. The maximum Gasteiger partial charge on any atom is 0.281 e. The van der Waals surface area contributed by atoms with Crippen molar-refractivity contribution < 1.29 is 18.1 Å². The van der Waals surface area contributed by atoms with Crippen LogP contribution in [0.15, 0.2) is 0 Å². The van der Waals surface area contributed by atoms with Crippen LogP contribution in [0.5, 0.6) is 0 Å². The molecule has 0 aliphatic rings. The van der Waals surface area contributed by atoms with Gasteiger partial charge in [0, 0.05) is 0 Å². The van der Waals surface area contributed by atoms with E-state index < -0.39 is 21.2 Å². The van der Waals surface area contributed by atoms with Gasteiger partial charge in [-0.15, -0.1) is 0 Å². The van der Waals surface area contributed by atoms with E-state index in [-0.39, 0.29) is 12.3 Å². The van der Waals surface area contributed by atoms with Gasteiger partial charge < -0.3 is 5.11 Å². The number of unbranched alkanes of at least 4 members (excludes halogenated alkanes) is 11. The summed E-state index contributed by atoms with van der Waals surface area (Å²) in [4.78, 5) is 0. The zero-order valence-corrected chi connectivity index (χ0v) is 19.0. The second-order valence-electron chi connectivity index (χ2n) is 8.28. The topological polar surface area (TPSA) is 86.6 Å². The zero-order chi connectivity index (χ0) is 20.8. The van der Waals surface area contributed by atoms with Gasteiger partial charge in [-0.3, -0.25) is 9.87 Å². The summed E-state index contributed by atoms with van der Waals surface area (Å²) in [6.07, 6.45) is 16.6. The summed E-state index contributed by atoms with van der Waals surface area (Å²) in [5, 5.41) is 12.1. The molecular formula is C21H45NO4S. The molecule has 0 radical (unpaired) electrons. The Balaban J connectivity index is 3.79. The average molecular weight is 408 g/mol. The van der Waals surface area contributed by atoms with Crippen molar-refractivity contribution in [1.29, 1.82) is 0 Å². The van der Waals surface area contributed by atoms with Gasteiger partial charge in [0.25, 0.3) is 10.1 Å². The van der Waals surface area contributed by atoms with E-state index in [1.54, 1.807) is 13.8 Å². The molecule has 0 aromatic rings. The fourth-order valence-corrected chi connectivity index (χ4v) is 4.24. The number of rotatable bonds is 18. The lowest BCUT2D eigenvalue weighted by Gasteiger charge is -2.34. The first-order valence-electron chi connectivity index (χ1n) is 11.1. The second-order valence-corrected chi connectivity index (χ2v) is 9.88. The van der Waals surface area contributed by atoms with E-state index in [0.29, 0.717) is 0 Å². The highest BCUT2D eigenvalue weighted by atomic mass is 32.2. The monoisotopic (exact) mass is 407 g/mol. The molecule has 0 aliphatic carbocycles. The molecular weight excluding hydrogens is 362 g/mol. The molecule has 3 atom stereocenters. The third kappa shape index (κ3) is 13.6. The summed E-state index contributed by atoms with van der Waals surface area (Å²) in [6, 6.07) is 0. The summed E-state index contributed by atoms with van der Waals surface area (Å²) in [7, 11) is -4.20. The fraction of sp³-hybridized carbons (Fsp3) is 1.00. The summed E-state index contributed by atoms with van der Waals surface area (Å²) in [5.74, 6) is -0.0866. The van der Waals surface area contributed by atoms with E-state index in [4.69, 9.17) is 0 Å². The van der Waals surface area contributed by atoms with Crippen LogP contribution in [0.3, 0.4) is 0 Å². The number of aliphatic hydroxyl groups is 1. The van der Waals surface area contributed by atoms with Crippen molar-refractivity contribution in [1.82, 2.24) is 5.32 Å². The number of nitrogens with one attached hydrogen (secondary N) is 1. The first-order valence-corrected chi connectivity index (χ1v) is 12.6.